The first-order valence-corrected chi connectivity index (χ1v) is 8.25. The van der Waals surface area contributed by atoms with Crippen molar-refractivity contribution in [3.05, 3.63) is 46.5 Å². The Hall–Kier alpha value is -2.32. The standard InChI is InChI=1S/C7H6Cl2N2O2.C7H8N2O2.C2H6/c1-13-5(12)2-4-6(8)10-3-11-7(4)9;1-11-7(10)2-6-3-8-5-9-4-6;1-2/h3H,2H2,1H3;3-5H,2H2,1H3;1-2H3. The quantitative estimate of drug-likeness (QED) is 0.567. The van der Waals surface area contributed by atoms with Gasteiger partial charge in [-0.3, -0.25) is 9.59 Å². The SMILES string of the molecule is CC.COC(=O)Cc1c(Cl)ncnc1Cl.COC(=O)Cc1cncnc1. The maximum absolute atomic E-state index is 10.9. The molecule has 26 heavy (non-hydrogen) atoms. The van der Waals surface area contributed by atoms with Crippen molar-refractivity contribution in [2.75, 3.05) is 14.2 Å². The lowest BCUT2D eigenvalue weighted by molar-refractivity contribution is -0.140. The van der Waals surface area contributed by atoms with Crippen molar-refractivity contribution in [2.24, 2.45) is 0 Å². The first kappa shape index (κ1) is 23.7. The minimum atomic E-state index is -0.432. The molecule has 0 saturated carbocycles. The van der Waals surface area contributed by atoms with E-state index in [0.717, 1.165) is 5.56 Å². The van der Waals surface area contributed by atoms with Gasteiger partial charge in [0.05, 0.1) is 27.1 Å². The van der Waals surface area contributed by atoms with E-state index >= 15 is 0 Å². The first-order chi connectivity index (χ1) is 12.5. The lowest BCUT2D eigenvalue weighted by Crippen LogP contribution is -2.06. The highest BCUT2D eigenvalue weighted by Crippen LogP contribution is 2.20. The Morgan fingerprint density at radius 3 is 1.81 bits per heavy atom. The molecule has 0 aliphatic rings. The van der Waals surface area contributed by atoms with Crippen LogP contribution in [-0.2, 0) is 31.9 Å². The van der Waals surface area contributed by atoms with Crippen molar-refractivity contribution in [2.45, 2.75) is 26.7 Å². The number of aromatic nitrogens is 4. The number of hydrogen-bond donors (Lipinski definition) is 0. The molecule has 10 heteroatoms. The Bertz CT molecular complexity index is 667. The van der Waals surface area contributed by atoms with Crippen LogP contribution in [0.4, 0.5) is 0 Å². The zero-order chi connectivity index (χ0) is 19.9. The van der Waals surface area contributed by atoms with Gasteiger partial charge in [0.25, 0.3) is 0 Å². The number of methoxy groups -OCH3 is 2. The molecule has 0 atom stereocenters. The third-order valence-corrected chi connectivity index (χ3v) is 3.23. The van der Waals surface area contributed by atoms with Crippen LogP contribution in [0.5, 0.6) is 0 Å². The summed E-state index contributed by atoms with van der Waals surface area (Å²) in [5.74, 6) is -0.710. The number of nitrogens with zero attached hydrogens (tertiary/aromatic N) is 4. The van der Waals surface area contributed by atoms with Gasteiger partial charge in [-0.05, 0) is 5.56 Å². The summed E-state index contributed by atoms with van der Waals surface area (Å²) in [5, 5.41) is 0.343. The maximum atomic E-state index is 10.9. The number of ether oxygens (including phenoxy) is 2. The number of esters is 2. The molecule has 2 aromatic heterocycles. The Kier molecular flexibility index (Phi) is 12.7. The number of halogens is 2. The predicted octanol–water partition coefficient (Wildman–Crippen LogP) is 2.72. The van der Waals surface area contributed by atoms with E-state index in [1.807, 2.05) is 13.8 Å². The second-order valence-corrected chi connectivity index (χ2v) is 4.90. The Morgan fingerprint density at radius 1 is 0.885 bits per heavy atom. The molecule has 0 amide bonds. The molecule has 0 radical (unpaired) electrons. The smallest absolute Gasteiger partial charge is 0.310 e. The number of hydrogen-bond acceptors (Lipinski definition) is 8. The van der Waals surface area contributed by atoms with Gasteiger partial charge >= 0.3 is 11.9 Å². The monoisotopic (exact) mass is 402 g/mol. The van der Waals surface area contributed by atoms with Crippen LogP contribution in [0, 0.1) is 0 Å². The summed E-state index contributed by atoms with van der Waals surface area (Å²) >= 11 is 11.4. The molecule has 2 heterocycles. The van der Waals surface area contributed by atoms with E-state index in [9.17, 15) is 9.59 Å². The molecule has 8 nitrogen and oxygen atoms in total. The maximum Gasteiger partial charge on any atom is 0.310 e. The fourth-order valence-corrected chi connectivity index (χ4v) is 1.84. The molecule has 0 saturated heterocycles. The van der Waals surface area contributed by atoms with Crippen molar-refractivity contribution in [1.82, 2.24) is 19.9 Å². The minimum absolute atomic E-state index is 0.0188. The molecule has 0 spiro atoms. The molecule has 0 aliphatic carbocycles. The Morgan fingerprint density at radius 2 is 1.35 bits per heavy atom. The van der Waals surface area contributed by atoms with Crippen LogP contribution in [0.1, 0.15) is 25.0 Å². The van der Waals surface area contributed by atoms with Gasteiger partial charge in [0.15, 0.2) is 0 Å². The molecule has 0 aromatic carbocycles. The van der Waals surface area contributed by atoms with Crippen molar-refractivity contribution in [1.29, 1.82) is 0 Å². The molecule has 0 bridgehead atoms. The molecular formula is C16H20Cl2N4O4. The third-order valence-electron chi connectivity index (χ3n) is 2.58. The molecule has 142 valence electrons. The summed E-state index contributed by atoms with van der Waals surface area (Å²) in [6, 6.07) is 0. The molecule has 0 fully saturated rings. The van der Waals surface area contributed by atoms with Crippen LogP contribution in [0.2, 0.25) is 10.3 Å². The highest BCUT2D eigenvalue weighted by atomic mass is 35.5. The van der Waals surface area contributed by atoms with E-state index in [4.69, 9.17) is 23.2 Å². The highest BCUT2D eigenvalue weighted by Gasteiger charge is 2.12. The van der Waals surface area contributed by atoms with Crippen LogP contribution >= 0.6 is 23.2 Å². The van der Waals surface area contributed by atoms with Gasteiger partial charge in [0, 0.05) is 18.0 Å². The number of carbonyl (C=O) groups excluding carboxylic acids is 2. The van der Waals surface area contributed by atoms with Gasteiger partial charge in [-0.1, -0.05) is 37.0 Å². The topological polar surface area (TPSA) is 104 Å². The zero-order valence-corrected chi connectivity index (χ0v) is 16.4. The number of rotatable bonds is 4. The van der Waals surface area contributed by atoms with E-state index in [1.165, 1.54) is 26.9 Å². The molecule has 2 aromatic rings. The Balaban J connectivity index is 0.000000444. The predicted molar refractivity (Wildman–Crippen MR) is 96.9 cm³/mol. The summed E-state index contributed by atoms with van der Waals surface area (Å²) in [4.78, 5) is 36.5. The largest absolute Gasteiger partial charge is 0.469 e. The molecule has 0 unspecified atom stereocenters. The summed E-state index contributed by atoms with van der Waals surface area (Å²) in [5.41, 5.74) is 1.15. The molecule has 0 N–H and O–H groups in total. The van der Waals surface area contributed by atoms with Crippen LogP contribution in [-0.4, -0.2) is 46.1 Å². The van der Waals surface area contributed by atoms with Gasteiger partial charge in [0.2, 0.25) is 0 Å². The summed E-state index contributed by atoms with van der Waals surface area (Å²) in [6.07, 6.45) is 6.03. The Labute approximate surface area is 161 Å². The average molecular weight is 403 g/mol. The van der Waals surface area contributed by atoms with E-state index in [0.29, 0.717) is 5.56 Å². The van der Waals surface area contributed by atoms with Crippen LogP contribution in [0.15, 0.2) is 25.0 Å². The summed E-state index contributed by atoms with van der Waals surface area (Å²) < 4.78 is 8.91. The lowest BCUT2D eigenvalue weighted by Gasteiger charge is -2.02. The third kappa shape index (κ3) is 9.24. The van der Waals surface area contributed by atoms with E-state index in [2.05, 4.69) is 29.4 Å². The van der Waals surface area contributed by atoms with Crippen molar-refractivity contribution in [3.8, 4) is 0 Å². The van der Waals surface area contributed by atoms with E-state index in [-0.39, 0.29) is 29.1 Å². The van der Waals surface area contributed by atoms with Crippen molar-refractivity contribution >= 4 is 35.1 Å². The molecule has 2 rings (SSSR count). The van der Waals surface area contributed by atoms with Gasteiger partial charge in [-0.15, -0.1) is 0 Å². The molecule has 0 aliphatic heterocycles. The van der Waals surface area contributed by atoms with E-state index in [1.54, 1.807) is 12.4 Å². The van der Waals surface area contributed by atoms with Crippen LogP contribution in [0.25, 0.3) is 0 Å². The normalized spacial score (nSPS) is 9.00. The number of carbonyl (C=O) groups is 2. The van der Waals surface area contributed by atoms with Crippen molar-refractivity contribution < 1.29 is 19.1 Å². The molecular weight excluding hydrogens is 383 g/mol. The van der Waals surface area contributed by atoms with Gasteiger partial charge in [-0.25, -0.2) is 19.9 Å². The summed E-state index contributed by atoms with van der Waals surface area (Å²) in [7, 11) is 2.64. The highest BCUT2D eigenvalue weighted by molar-refractivity contribution is 6.34. The van der Waals surface area contributed by atoms with Crippen molar-refractivity contribution in [3.63, 3.8) is 0 Å². The average Bonchev–Trinajstić information content (AvgIpc) is 2.67. The van der Waals surface area contributed by atoms with E-state index < -0.39 is 5.97 Å². The van der Waals surface area contributed by atoms with Gasteiger partial charge in [-0.2, -0.15) is 0 Å². The lowest BCUT2D eigenvalue weighted by atomic mass is 10.2. The minimum Gasteiger partial charge on any atom is -0.469 e. The van der Waals surface area contributed by atoms with Gasteiger partial charge < -0.3 is 9.47 Å². The first-order valence-electron chi connectivity index (χ1n) is 7.50. The second kappa shape index (κ2) is 13.9. The fraction of sp³-hybridized carbons (Fsp3) is 0.375. The van der Waals surface area contributed by atoms with Gasteiger partial charge in [0.1, 0.15) is 23.0 Å². The fourth-order valence-electron chi connectivity index (χ4n) is 1.39. The summed E-state index contributed by atoms with van der Waals surface area (Å²) in [6.45, 7) is 4.00. The van der Waals surface area contributed by atoms with Crippen LogP contribution in [0.3, 0.4) is 0 Å². The second-order valence-electron chi connectivity index (χ2n) is 4.19. The zero-order valence-electron chi connectivity index (χ0n) is 14.9. The van der Waals surface area contributed by atoms with Crippen LogP contribution < -0.4 is 0 Å².